The quantitative estimate of drug-likeness (QED) is 0.733. The van der Waals surface area contributed by atoms with E-state index in [1.807, 2.05) is 69.3 Å². The minimum absolute atomic E-state index is 0.129. The molecule has 0 aliphatic heterocycles. The molecule has 0 spiro atoms. The number of halogens is 1. The largest absolute Gasteiger partial charge is 0.481 e. The lowest BCUT2D eigenvalue weighted by atomic mass is 9.65. The van der Waals surface area contributed by atoms with Gasteiger partial charge in [-0.25, -0.2) is 0 Å². The highest BCUT2D eigenvalue weighted by Gasteiger charge is 2.58. The van der Waals surface area contributed by atoms with Crippen LogP contribution in [-0.4, -0.2) is 17.0 Å². The number of hydrogen-bond donors (Lipinski definition) is 2. The maximum Gasteiger partial charge on any atom is 0.307 e. The molecule has 1 aliphatic carbocycles. The van der Waals surface area contributed by atoms with Gasteiger partial charge in [0.25, 0.3) is 0 Å². The molecule has 5 heteroatoms. The van der Waals surface area contributed by atoms with Crippen molar-refractivity contribution in [1.82, 2.24) is 0 Å². The normalized spacial score (nSPS) is 23.8. The highest BCUT2D eigenvalue weighted by molar-refractivity contribution is 6.30. The van der Waals surface area contributed by atoms with Gasteiger partial charge >= 0.3 is 5.97 Å². The third-order valence-corrected chi connectivity index (χ3v) is 6.60. The highest BCUT2D eigenvalue weighted by Crippen LogP contribution is 2.56. The Morgan fingerprint density at radius 2 is 1.52 bits per heavy atom. The Morgan fingerprint density at radius 3 is 2.00 bits per heavy atom. The molecule has 1 aliphatic rings. The van der Waals surface area contributed by atoms with Crippen LogP contribution in [0.2, 0.25) is 5.02 Å². The molecule has 3 rings (SSSR count). The molecule has 1 saturated carbocycles. The Labute approximate surface area is 164 Å². The van der Waals surface area contributed by atoms with Crippen LogP contribution < -0.4 is 5.32 Å². The zero-order chi connectivity index (χ0) is 19.8. The van der Waals surface area contributed by atoms with E-state index in [4.69, 9.17) is 11.6 Å². The van der Waals surface area contributed by atoms with Crippen molar-refractivity contribution in [2.75, 3.05) is 5.32 Å². The Morgan fingerprint density at radius 1 is 1.00 bits per heavy atom. The molecule has 27 heavy (non-hydrogen) atoms. The number of hydrogen-bond acceptors (Lipinski definition) is 2. The standard InChI is InChI=1S/C22H24ClNO3/c1-21(2)18(19(25)26)12-13-22(21,3)20(27)24-17-10-6-15(7-11-17)14-4-8-16(23)9-5-14/h4-11,18H,12-13H2,1-3H3,(H,24,27)(H,25,26)/t18-,22+/m0/s1. The van der Waals surface area contributed by atoms with Gasteiger partial charge in [-0.1, -0.05) is 56.6 Å². The smallest absolute Gasteiger partial charge is 0.307 e. The third-order valence-electron chi connectivity index (χ3n) is 6.35. The molecule has 0 unspecified atom stereocenters. The van der Waals surface area contributed by atoms with Crippen molar-refractivity contribution in [3.05, 3.63) is 53.6 Å². The fourth-order valence-electron chi connectivity index (χ4n) is 4.00. The second-order valence-electron chi connectivity index (χ2n) is 8.02. The monoisotopic (exact) mass is 385 g/mol. The van der Waals surface area contributed by atoms with Gasteiger partial charge in [-0.05, 0) is 53.6 Å². The average molecular weight is 386 g/mol. The predicted molar refractivity (Wildman–Crippen MR) is 108 cm³/mol. The maximum absolute atomic E-state index is 13.0. The minimum atomic E-state index is -0.830. The van der Waals surface area contributed by atoms with E-state index in [1.165, 1.54) is 0 Å². The van der Waals surface area contributed by atoms with E-state index in [0.717, 1.165) is 11.1 Å². The SMILES string of the molecule is CC1(C)[C@H](C(=O)O)CC[C@]1(C)C(=O)Nc1ccc(-c2ccc(Cl)cc2)cc1. The lowest BCUT2D eigenvalue weighted by Crippen LogP contribution is -2.45. The van der Waals surface area contributed by atoms with Crippen molar-refractivity contribution in [3.8, 4) is 11.1 Å². The van der Waals surface area contributed by atoms with E-state index in [0.29, 0.717) is 23.6 Å². The molecule has 2 N–H and O–H groups in total. The molecule has 2 aromatic rings. The molecule has 142 valence electrons. The van der Waals surface area contributed by atoms with Crippen LogP contribution in [0.5, 0.6) is 0 Å². The first-order chi connectivity index (χ1) is 12.6. The summed E-state index contributed by atoms with van der Waals surface area (Å²) < 4.78 is 0. The van der Waals surface area contributed by atoms with Gasteiger partial charge < -0.3 is 10.4 Å². The van der Waals surface area contributed by atoms with Crippen LogP contribution in [0, 0.1) is 16.7 Å². The third kappa shape index (κ3) is 3.46. The Balaban J connectivity index is 1.76. The van der Waals surface area contributed by atoms with Crippen molar-refractivity contribution < 1.29 is 14.7 Å². The van der Waals surface area contributed by atoms with E-state index in [2.05, 4.69) is 5.32 Å². The maximum atomic E-state index is 13.0. The van der Waals surface area contributed by atoms with Crippen LogP contribution in [0.3, 0.4) is 0 Å². The zero-order valence-electron chi connectivity index (χ0n) is 15.8. The van der Waals surface area contributed by atoms with Crippen LogP contribution in [0.15, 0.2) is 48.5 Å². The minimum Gasteiger partial charge on any atom is -0.481 e. The van der Waals surface area contributed by atoms with Gasteiger partial charge in [0.2, 0.25) is 5.91 Å². The summed E-state index contributed by atoms with van der Waals surface area (Å²) in [7, 11) is 0. The molecule has 0 radical (unpaired) electrons. The first-order valence-corrected chi connectivity index (χ1v) is 9.43. The number of nitrogens with one attached hydrogen (secondary N) is 1. The van der Waals surface area contributed by atoms with Crippen LogP contribution >= 0.6 is 11.6 Å². The number of benzene rings is 2. The molecule has 0 heterocycles. The molecule has 1 fully saturated rings. The summed E-state index contributed by atoms with van der Waals surface area (Å²) >= 11 is 5.93. The summed E-state index contributed by atoms with van der Waals surface area (Å²) in [5, 5.41) is 13.1. The van der Waals surface area contributed by atoms with Crippen LogP contribution in [0.1, 0.15) is 33.6 Å². The molecule has 2 atom stereocenters. The fourth-order valence-corrected chi connectivity index (χ4v) is 4.12. The van der Waals surface area contributed by atoms with Gasteiger partial charge in [0.05, 0.1) is 11.3 Å². The van der Waals surface area contributed by atoms with Gasteiger partial charge in [0.1, 0.15) is 0 Å². The van der Waals surface area contributed by atoms with E-state index >= 15 is 0 Å². The summed E-state index contributed by atoms with van der Waals surface area (Å²) in [6.07, 6.45) is 1.08. The average Bonchev–Trinajstić information content (AvgIpc) is 2.87. The highest BCUT2D eigenvalue weighted by atomic mass is 35.5. The second-order valence-corrected chi connectivity index (χ2v) is 8.46. The molecule has 0 bridgehead atoms. The molecule has 0 aromatic heterocycles. The van der Waals surface area contributed by atoms with Gasteiger partial charge in [-0.2, -0.15) is 0 Å². The first-order valence-electron chi connectivity index (χ1n) is 9.05. The van der Waals surface area contributed by atoms with E-state index in [9.17, 15) is 14.7 Å². The fraction of sp³-hybridized carbons (Fsp3) is 0.364. The number of carboxylic acids is 1. The Kier molecular flexibility index (Phi) is 5.04. The topological polar surface area (TPSA) is 66.4 Å². The summed E-state index contributed by atoms with van der Waals surface area (Å²) in [5.41, 5.74) is 1.43. The number of carbonyl (C=O) groups is 2. The van der Waals surface area contributed by atoms with E-state index in [-0.39, 0.29) is 5.91 Å². The summed E-state index contributed by atoms with van der Waals surface area (Å²) in [6.45, 7) is 5.62. The summed E-state index contributed by atoms with van der Waals surface area (Å²) in [4.78, 5) is 24.5. The molecular formula is C22H24ClNO3. The van der Waals surface area contributed by atoms with Crippen molar-refractivity contribution in [3.63, 3.8) is 0 Å². The number of carbonyl (C=O) groups excluding carboxylic acids is 1. The molecule has 1 amide bonds. The van der Waals surface area contributed by atoms with Gasteiger partial charge in [-0.3, -0.25) is 9.59 Å². The van der Waals surface area contributed by atoms with Crippen LogP contribution in [0.4, 0.5) is 5.69 Å². The van der Waals surface area contributed by atoms with Crippen LogP contribution in [0.25, 0.3) is 11.1 Å². The number of amides is 1. The Bertz CT molecular complexity index is 858. The number of carboxylic acid groups (broad SMARTS) is 1. The van der Waals surface area contributed by atoms with Crippen LogP contribution in [-0.2, 0) is 9.59 Å². The van der Waals surface area contributed by atoms with Crippen molar-refractivity contribution in [1.29, 1.82) is 0 Å². The first kappa shape index (κ1) is 19.4. The predicted octanol–water partition coefficient (Wildman–Crippen LogP) is 5.47. The van der Waals surface area contributed by atoms with E-state index in [1.54, 1.807) is 0 Å². The number of rotatable bonds is 4. The Hall–Kier alpha value is -2.33. The number of anilines is 1. The van der Waals surface area contributed by atoms with E-state index < -0.39 is 22.7 Å². The summed E-state index contributed by atoms with van der Waals surface area (Å²) in [6, 6.07) is 15.2. The molecule has 0 saturated heterocycles. The van der Waals surface area contributed by atoms with Gasteiger partial charge in [-0.15, -0.1) is 0 Å². The molecule has 4 nitrogen and oxygen atoms in total. The summed E-state index contributed by atoms with van der Waals surface area (Å²) in [5.74, 6) is -1.47. The molecule has 2 aromatic carbocycles. The lowest BCUT2D eigenvalue weighted by molar-refractivity contribution is -0.147. The van der Waals surface area contributed by atoms with Gasteiger partial charge in [0, 0.05) is 10.7 Å². The number of aliphatic carboxylic acids is 1. The van der Waals surface area contributed by atoms with Crippen molar-refractivity contribution in [2.45, 2.75) is 33.6 Å². The molecular weight excluding hydrogens is 362 g/mol. The second kappa shape index (κ2) is 7.01. The van der Waals surface area contributed by atoms with Gasteiger partial charge in [0.15, 0.2) is 0 Å². The van der Waals surface area contributed by atoms with Crippen molar-refractivity contribution >= 4 is 29.2 Å². The zero-order valence-corrected chi connectivity index (χ0v) is 16.5. The lowest BCUT2D eigenvalue weighted by Gasteiger charge is -2.39. The van der Waals surface area contributed by atoms with Crippen molar-refractivity contribution in [2.24, 2.45) is 16.7 Å².